The number of aromatic nitrogens is 2. The molecule has 0 aromatic carbocycles. The molecule has 0 atom stereocenters. The fraction of sp³-hybridized carbons (Fsp3) is 0.500. The standard InChI is InChI=1S/C8H12N2O/c1-5-6(2)10-8(4-11)7(3)9-5/h11H,4H2,1-3H3/i10+1. The Morgan fingerprint density at radius 2 is 1.55 bits per heavy atom. The molecule has 1 aromatic rings. The second kappa shape index (κ2) is 2.96. The van der Waals surface area contributed by atoms with Crippen LogP contribution in [-0.4, -0.2) is 15.1 Å². The zero-order valence-corrected chi connectivity index (χ0v) is 7.05. The Kier molecular flexibility index (Phi) is 2.19. The first-order valence-corrected chi connectivity index (χ1v) is 3.56. The Balaban J connectivity index is 3.21. The molecule has 0 spiro atoms. The van der Waals surface area contributed by atoms with Crippen LogP contribution < -0.4 is 0 Å². The molecule has 0 unspecified atom stereocenters. The van der Waals surface area contributed by atoms with E-state index < -0.39 is 0 Å². The molecule has 1 aromatic heterocycles. The lowest BCUT2D eigenvalue weighted by Gasteiger charge is -2.04. The van der Waals surface area contributed by atoms with Gasteiger partial charge in [0.25, 0.3) is 0 Å². The van der Waals surface area contributed by atoms with Crippen LogP contribution in [0.3, 0.4) is 0 Å². The number of aliphatic hydroxyl groups excluding tert-OH is 1. The van der Waals surface area contributed by atoms with Gasteiger partial charge < -0.3 is 5.11 Å². The first-order valence-electron chi connectivity index (χ1n) is 3.56. The van der Waals surface area contributed by atoms with Gasteiger partial charge >= 0.3 is 0 Å². The Labute approximate surface area is 66.1 Å². The molecule has 3 heteroatoms. The first kappa shape index (κ1) is 8.14. The Morgan fingerprint density at radius 1 is 1.00 bits per heavy atom. The summed E-state index contributed by atoms with van der Waals surface area (Å²) in [4.78, 5) is 8.40. The van der Waals surface area contributed by atoms with E-state index in [1.165, 1.54) is 0 Å². The molecule has 1 heterocycles. The van der Waals surface area contributed by atoms with Gasteiger partial charge in [-0.05, 0) is 20.8 Å². The zero-order chi connectivity index (χ0) is 8.43. The van der Waals surface area contributed by atoms with Gasteiger partial charge in [0.15, 0.2) is 0 Å². The molecule has 1 N–H and O–H groups in total. The van der Waals surface area contributed by atoms with Gasteiger partial charge in [0.05, 0.1) is 29.4 Å². The molecule has 0 aliphatic heterocycles. The lowest BCUT2D eigenvalue weighted by molar-refractivity contribution is 0.275. The average molecular weight is 153 g/mol. The molecule has 0 amide bonds. The lowest BCUT2D eigenvalue weighted by atomic mass is 10.3. The van der Waals surface area contributed by atoms with Gasteiger partial charge in [0.2, 0.25) is 0 Å². The topological polar surface area (TPSA) is 46.0 Å². The third-order valence-electron chi connectivity index (χ3n) is 1.73. The normalized spacial score (nSPS) is 10.2. The van der Waals surface area contributed by atoms with Crippen molar-refractivity contribution in [3.05, 3.63) is 22.8 Å². The van der Waals surface area contributed by atoms with E-state index in [2.05, 4.69) is 9.97 Å². The van der Waals surface area contributed by atoms with Gasteiger partial charge in [-0.15, -0.1) is 0 Å². The summed E-state index contributed by atoms with van der Waals surface area (Å²) in [5, 5.41) is 8.83. The maximum Gasteiger partial charge on any atom is 0.0873 e. The van der Waals surface area contributed by atoms with E-state index in [9.17, 15) is 0 Å². The van der Waals surface area contributed by atoms with Crippen molar-refractivity contribution >= 4 is 0 Å². The predicted octanol–water partition coefficient (Wildman–Crippen LogP) is 0.894. The highest BCUT2D eigenvalue weighted by atomic mass is 16.3. The number of aliphatic hydroxyl groups is 1. The highest BCUT2D eigenvalue weighted by molar-refractivity contribution is 5.16. The van der Waals surface area contributed by atoms with Crippen molar-refractivity contribution in [2.24, 2.45) is 0 Å². The van der Waals surface area contributed by atoms with E-state index in [4.69, 9.17) is 5.11 Å². The second-order valence-corrected chi connectivity index (χ2v) is 2.58. The summed E-state index contributed by atoms with van der Waals surface area (Å²) in [6, 6.07) is 0. The van der Waals surface area contributed by atoms with E-state index in [0.717, 1.165) is 17.1 Å². The van der Waals surface area contributed by atoms with E-state index >= 15 is 0 Å². The predicted molar refractivity (Wildman–Crippen MR) is 42.2 cm³/mol. The number of hydrogen-bond donors (Lipinski definition) is 1. The van der Waals surface area contributed by atoms with E-state index in [1.807, 2.05) is 20.8 Å². The van der Waals surface area contributed by atoms with Crippen LogP contribution in [0, 0.1) is 20.8 Å². The van der Waals surface area contributed by atoms with Crippen molar-refractivity contribution in [2.45, 2.75) is 27.4 Å². The molecule has 1 rings (SSSR count). The maximum atomic E-state index is 8.83. The summed E-state index contributed by atoms with van der Waals surface area (Å²) in [6.07, 6.45) is 0. The molecular weight excluding hydrogens is 141 g/mol. The second-order valence-electron chi connectivity index (χ2n) is 2.58. The van der Waals surface area contributed by atoms with Crippen molar-refractivity contribution in [3.63, 3.8) is 0 Å². The van der Waals surface area contributed by atoms with Crippen LogP contribution >= 0.6 is 0 Å². The molecule has 0 aliphatic carbocycles. The highest BCUT2D eigenvalue weighted by Crippen LogP contribution is 2.05. The van der Waals surface area contributed by atoms with Crippen LogP contribution in [0.15, 0.2) is 0 Å². The van der Waals surface area contributed by atoms with Gasteiger partial charge in [-0.3, -0.25) is 9.97 Å². The minimum Gasteiger partial charge on any atom is -0.390 e. The number of hydrogen-bond acceptors (Lipinski definition) is 3. The summed E-state index contributed by atoms with van der Waals surface area (Å²) in [5.41, 5.74) is 3.31. The zero-order valence-electron chi connectivity index (χ0n) is 7.05. The number of nitrogens with zero attached hydrogens (tertiary/aromatic N) is 2. The van der Waals surface area contributed by atoms with Gasteiger partial charge in [-0.2, -0.15) is 0 Å². The molecule has 60 valence electrons. The molecule has 0 radical (unpaired) electrons. The summed E-state index contributed by atoms with van der Waals surface area (Å²) in [5.74, 6) is 0. The maximum absolute atomic E-state index is 8.83. The monoisotopic (exact) mass is 153 g/mol. The van der Waals surface area contributed by atoms with Gasteiger partial charge in [-0.1, -0.05) is 0 Å². The molecule has 3 nitrogen and oxygen atoms in total. The largest absolute Gasteiger partial charge is 0.390 e. The highest BCUT2D eigenvalue weighted by Gasteiger charge is 2.02. The van der Waals surface area contributed by atoms with Crippen molar-refractivity contribution in [1.29, 1.82) is 0 Å². The van der Waals surface area contributed by atoms with Crippen LogP contribution in [0.5, 0.6) is 0 Å². The Morgan fingerprint density at radius 3 is 2.09 bits per heavy atom. The SMILES string of the molecule is Cc1nc(C)c(CO)[15n]c1C. The van der Waals surface area contributed by atoms with E-state index in [1.54, 1.807) is 0 Å². The lowest BCUT2D eigenvalue weighted by Crippen LogP contribution is -2.01. The smallest absolute Gasteiger partial charge is 0.0873 e. The van der Waals surface area contributed by atoms with Gasteiger partial charge in [0, 0.05) is 0 Å². The van der Waals surface area contributed by atoms with E-state index in [-0.39, 0.29) is 6.61 Å². The molecule has 0 fully saturated rings. The first-order chi connectivity index (χ1) is 5.15. The molecule has 0 aliphatic rings. The molecule has 11 heavy (non-hydrogen) atoms. The van der Waals surface area contributed by atoms with Crippen LogP contribution in [0.25, 0.3) is 0 Å². The minimum atomic E-state index is -0.0278. The molecule has 0 saturated heterocycles. The minimum absolute atomic E-state index is 0.0278. The van der Waals surface area contributed by atoms with E-state index in [0.29, 0.717) is 5.69 Å². The Bertz CT molecular complexity index is 271. The van der Waals surface area contributed by atoms with Gasteiger partial charge in [-0.25, -0.2) is 0 Å². The fourth-order valence-electron chi connectivity index (χ4n) is 0.911. The Hall–Kier alpha value is -0.960. The summed E-state index contributed by atoms with van der Waals surface area (Å²) >= 11 is 0. The molecular formula is C8H12N2O. The van der Waals surface area contributed by atoms with Crippen LogP contribution in [-0.2, 0) is 6.61 Å². The van der Waals surface area contributed by atoms with Crippen molar-refractivity contribution in [1.82, 2.24) is 9.97 Å². The summed E-state index contributed by atoms with van der Waals surface area (Å²) in [6.45, 7) is 5.63. The van der Waals surface area contributed by atoms with Crippen molar-refractivity contribution in [2.75, 3.05) is 0 Å². The number of rotatable bonds is 1. The molecule has 0 bridgehead atoms. The summed E-state index contributed by atoms with van der Waals surface area (Å²) < 4.78 is 0. The van der Waals surface area contributed by atoms with Crippen LogP contribution in [0.1, 0.15) is 22.8 Å². The van der Waals surface area contributed by atoms with Crippen LogP contribution in [0.2, 0.25) is 0 Å². The van der Waals surface area contributed by atoms with Crippen LogP contribution in [0.4, 0.5) is 0 Å². The fourth-order valence-corrected chi connectivity index (χ4v) is 0.911. The quantitative estimate of drug-likeness (QED) is 0.651. The van der Waals surface area contributed by atoms with Crippen molar-refractivity contribution < 1.29 is 5.11 Å². The third kappa shape index (κ3) is 1.54. The summed E-state index contributed by atoms with van der Waals surface area (Å²) in [7, 11) is 0. The van der Waals surface area contributed by atoms with Gasteiger partial charge in [0.1, 0.15) is 0 Å². The van der Waals surface area contributed by atoms with Crippen molar-refractivity contribution in [3.8, 4) is 0 Å². The molecule has 0 saturated carbocycles. The average Bonchev–Trinajstić information content (AvgIpc) is 1.97. The number of aryl methyl sites for hydroxylation is 3. The third-order valence-corrected chi connectivity index (χ3v) is 1.73.